The van der Waals surface area contributed by atoms with Gasteiger partial charge in [0, 0.05) is 29.5 Å². The van der Waals surface area contributed by atoms with Crippen molar-refractivity contribution in [1.29, 1.82) is 0 Å². The van der Waals surface area contributed by atoms with Crippen molar-refractivity contribution < 1.29 is 12.8 Å². The molecule has 0 amide bonds. The van der Waals surface area contributed by atoms with E-state index in [1.165, 1.54) is 6.07 Å². The number of halogens is 1. The number of rotatable bonds is 6. The summed E-state index contributed by atoms with van der Waals surface area (Å²) >= 11 is 0. The molecule has 0 spiro atoms. The second kappa shape index (κ2) is 8.04. The van der Waals surface area contributed by atoms with Gasteiger partial charge in [0.25, 0.3) is 0 Å². The molecule has 2 N–H and O–H groups in total. The summed E-state index contributed by atoms with van der Waals surface area (Å²) in [5.74, 6) is 0.121. The van der Waals surface area contributed by atoms with Crippen LogP contribution in [-0.2, 0) is 15.4 Å². The highest BCUT2D eigenvalue weighted by Crippen LogP contribution is 2.32. The minimum absolute atomic E-state index is 0.219. The zero-order valence-corrected chi connectivity index (χ0v) is 17.8. The van der Waals surface area contributed by atoms with E-state index in [4.69, 9.17) is 0 Å². The Labute approximate surface area is 170 Å². The van der Waals surface area contributed by atoms with Crippen molar-refractivity contribution in [2.75, 3.05) is 24.7 Å². The summed E-state index contributed by atoms with van der Waals surface area (Å²) in [5.41, 5.74) is 2.09. The second-order valence-electron chi connectivity index (χ2n) is 7.95. The number of aromatic nitrogens is 2. The van der Waals surface area contributed by atoms with Crippen LogP contribution in [0.4, 0.5) is 10.3 Å². The lowest BCUT2D eigenvalue weighted by atomic mass is 9.90. The molecule has 0 aliphatic heterocycles. The molecular weight excluding hydrogens is 391 g/mol. The first kappa shape index (κ1) is 21.1. The maximum Gasteiger partial charge on any atom is 0.223 e. The van der Waals surface area contributed by atoms with Crippen LogP contribution in [-0.4, -0.2) is 37.7 Å². The van der Waals surface area contributed by atoms with E-state index in [1.807, 2.05) is 18.2 Å². The van der Waals surface area contributed by atoms with E-state index in [1.54, 1.807) is 18.2 Å². The first-order chi connectivity index (χ1) is 13.5. The van der Waals surface area contributed by atoms with Gasteiger partial charge in [-0.2, -0.15) is 0 Å². The molecule has 3 aromatic rings. The molecule has 3 rings (SSSR count). The number of anilines is 1. The smallest absolute Gasteiger partial charge is 0.223 e. The molecule has 1 aromatic heterocycles. The van der Waals surface area contributed by atoms with E-state index < -0.39 is 10.0 Å². The Kier molecular flexibility index (Phi) is 5.86. The molecule has 0 saturated carbocycles. The van der Waals surface area contributed by atoms with Gasteiger partial charge in [0.05, 0.1) is 17.6 Å². The summed E-state index contributed by atoms with van der Waals surface area (Å²) in [5, 5.41) is 4.38. The Hall–Kier alpha value is -2.58. The Morgan fingerprint density at radius 1 is 1.00 bits per heavy atom. The van der Waals surface area contributed by atoms with Crippen molar-refractivity contribution in [2.45, 2.75) is 26.2 Å². The molecule has 0 saturated heterocycles. The van der Waals surface area contributed by atoms with Crippen LogP contribution < -0.4 is 10.0 Å². The number of hydrogen-bond acceptors (Lipinski definition) is 5. The Bertz CT molecular complexity index is 1140. The average Bonchev–Trinajstić information content (AvgIpc) is 2.64. The van der Waals surface area contributed by atoms with Crippen LogP contribution in [0, 0.1) is 5.82 Å². The second-order valence-corrected chi connectivity index (χ2v) is 9.78. The summed E-state index contributed by atoms with van der Waals surface area (Å²) in [4.78, 5) is 9.20. The predicted octanol–water partition coefficient (Wildman–Crippen LogP) is 3.69. The highest BCUT2D eigenvalue weighted by Gasteiger charge is 2.19. The predicted molar refractivity (Wildman–Crippen MR) is 115 cm³/mol. The quantitative estimate of drug-likeness (QED) is 0.599. The minimum atomic E-state index is -3.26. The molecule has 1 heterocycles. The number of hydrogen-bond donors (Lipinski definition) is 2. The van der Waals surface area contributed by atoms with Gasteiger partial charge in [-0.05, 0) is 23.6 Å². The zero-order chi connectivity index (χ0) is 21.2. The molecule has 0 radical (unpaired) electrons. The van der Waals surface area contributed by atoms with Crippen LogP contribution in [0.3, 0.4) is 0 Å². The van der Waals surface area contributed by atoms with Crippen molar-refractivity contribution >= 4 is 26.7 Å². The molecule has 2 aromatic carbocycles. The van der Waals surface area contributed by atoms with Gasteiger partial charge in [-0.3, -0.25) is 0 Å². The largest absolute Gasteiger partial charge is 0.353 e. The van der Waals surface area contributed by atoms with Crippen molar-refractivity contribution in [3.8, 4) is 11.3 Å². The summed E-state index contributed by atoms with van der Waals surface area (Å²) < 4.78 is 39.1. The summed E-state index contributed by atoms with van der Waals surface area (Å²) in [6.45, 7) is 6.71. The SMILES string of the molecule is CC(C)(C)c1cc(-c2ccc(F)c3ccccc23)nc(NCCNS(C)(=O)=O)n1. The molecular formula is C21H25FN4O2S. The summed E-state index contributed by atoms with van der Waals surface area (Å²) in [6, 6.07) is 12.4. The fraction of sp³-hybridized carbons (Fsp3) is 0.333. The van der Waals surface area contributed by atoms with Crippen LogP contribution in [0.1, 0.15) is 26.5 Å². The average molecular weight is 417 g/mol. The van der Waals surface area contributed by atoms with Crippen LogP contribution in [0.2, 0.25) is 0 Å². The lowest BCUT2D eigenvalue weighted by Crippen LogP contribution is -2.28. The van der Waals surface area contributed by atoms with Gasteiger partial charge in [0.15, 0.2) is 0 Å². The number of sulfonamides is 1. The van der Waals surface area contributed by atoms with Gasteiger partial charge in [0.2, 0.25) is 16.0 Å². The standard InChI is InChI=1S/C21H25FN4O2S/c1-21(2,3)19-13-18(25-20(26-19)23-11-12-24-29(4,27)28)16-9-10-17(22)15-8-6-5-7-14(15)16/h5-10,13,24H,11-12H2,1-4H3,(H,23,25,26). The third-order valence-corrected chi connectivity index (χ3v) is 5.14. The van der Waals surface area contributed by atoms with Gasteiger partial charge >= 0.3 is 0 Å². The van der Waals surface area contributed by atoms with Crippen molar-refractivity contribution in [2.24, 2.45) is 0 Å². The summed E-state index contributed by atoms with van der Waals surface area (Å²) in [6.07, 6.45) is 1.11. The normalized spacial score (nSPS) is 12.3. The Morgan fingerprint density at radius 3 is 2.34 bits per heavy atom. The number of nitrogens with zero attached hydrogens (tertiary/aromatic N) is 2. The van der Waals surface area contributed by atoms with E-state index in [-0.39, 0.29) is 17.8 Å². The molecule has 0 aliphatic rings. The Morgan fingerprint density at radius 2 is 1.69 bits per heavy atom. The topological polar surface area (TPSA) is 84.0 Å². The molecule has 0 aliphatic carbocycles. The number of nitrogens with one attached hydrogen (secondary N) is 2. The van der Waals surface area contributed by atoms with Crippen molar-refractivity contribution in [3.63, 3.8) is 0 Å². The van der Waals surface area contributed by atoms with Gasteiger partial charge in [-0.15, -0.1) is 0 Å². The summed E-state index contributed by atoms with van der Waals surface area (Å²) in [7, 11) is -3.26. The minimum Gasteiger partial charge on any atom is -0.353 e. The first-order valence-electron chi connectivity index (χ1n) is 9.30. The lowest BCUT2D eigenvalue weighted by molar-refractivity contribution is 0.568. The third kappa shape index (κ3) is 5.27. The first-order valence-corrected chi connectivity index (χ1v) is 11.2. The molecule has 29 heavy (non-hydrogen) atoms. The number of fused-ring (bicyclic) bond motifs is 1. The fourth-order valence-electron chi connectivity index (χ4n) is 2.94. The van der Waals surface area contributed by atoms with Crippen LogP contribution in [0.25, 0.3) is 22.0 Å². The van der Waals surface area contributed by atoms with E-state index in [2.05, 4.69) is 40.8 Å². The van der Waals surface area contributed by atoms with E-state index in [9.17, 15) is 12.8 Å². The van der Waals surface area contributed by atoms with Crippen molar-refractivity contribution in [1.82, 2.24) is 14.7 Å². The molecule has 0 unspecified atom stereocenters. The number of benzene rings is 2. The monoisotopic (exact) mass is 416 g/mol. The van der Waals surface area contributed by atoms with Crippen LogP contribution in [0.5, 0.6) is 0 Å². The Balaban J connectivity index is 2.02. The van der Waals surface area contributed by atoms with Gasteiger partial charge in [-0.25, -0.2) is 27.5 Å². The maximum atomic E-state index is 14.2. The van der Waals surface area contributed by atoms with Crippen LogP contribution in [0.15, 0.2) is 42.5 Å². The van der Waals surface area contributed by atoms with E-state index in [0.29, 0.717) is 23.6 Å². The van der Waals surface area contributed by atoms with Crippen molar-refractivity contribution in [3.05, 3.63) is 54.0 Å². The highest BCUT2D eigenvalue weighted by molar-refractivity contribution is 7.88. The van der Waals surface area contributed by atoms with Gasteiger partial charge < -0.3 is 5.32 Å². The molecule has 6 nitrogen and oxygen atoms in total. The highest BCUT2D eigenvalue weighted by atomic mass is 32.2. The van der Waals surface area contributed by atoms with Gasteiger partial charge in [-0.1, -0.05) is 45.0 Å². The maximum absolute atomic E-state index is 14.2. The van der Waals surface area contributed by atoms with E-state index in [0.717, 1.165) is 22.9 Å². The van der Waals surface area contributed by atoms with Crippen LogP contribution >= 0.6 is 0 Å². The molecule has 0 atom stereocenters. The molecule has 154 valence electrons. The molecule has 8 heteroatoms. The molecule has 0 bridgehead atoms. The molecule has 0 fully saturated rings. The third-order valence-electron chi connectivity index (χ3n) is 4.41. The van der Waals surface area contributed by atoms with Gasteiger partial charge in [0.1, 0.15) is 5.82 Å². The lowest BCUT2D eigenvalue weighted by Gasteiger charge is -2.20. The zero-order valence-electron chi connectivity index (χ0n) is 17.0. The fourth-order valence-corrected chi connectivity index (χ4v) is 3.42. The van der Waals surface area contributed by atoms with E-state index >= 15 is 0 Å².